The van der Waals surface area contributed by atoms with E-state index < -0.39 is 0 Å². The van der Waals surface area contributed by atoms with Gasteiger partial charge in [-0.25, -0.2) is 0 Å². The summed E-state index contributed by atoms with van der Waals surface area (Å²) in [7, 11) is 0. The summed E-state index contributed by atoms with van der Waals surface area (Å²) in [4.78, 5) is 0. The van der Waals surface area contributed by atoms with Crippen LogP contribution < -0.4 is 0 Å². The summed E-state index contributed by atoms with van der Waals surface area (Å²) in [5, 5.41) is 4.64. The molecule has 0 saturated carbocycles. The van der Waals surface area contributed by atoms with Crippen LogP contribution in [0.2, 0.25) is 0 Å². The molecule has 0 atom stereocenters. The predicted octanol–water partition coefficient (Wildman–Crippen LogP) is 12.2. The van der Waals surface area contributed by atoms with E-state index in [1.54, 1.807) is 0 Å². The molecule has 46 heavy (non-hydrogen) atoms. The Morgan fingerprint density at radius 1 is 0.326 bits per heavy atom. The lowest BCUT2D eigenvalue weighted by atomic mass is 9.93. The molecule has 2 nitrogen and oxygen atoms in total. The Kier molecular flexibility index (Phi) is 6.17. The first-order chi connectivity index (χ1) is 22.8. The molecule has 0 aliphatic carbocycles. The standard InChI is InChI=1S/C44H29NO/c1-4-16-30(17-5-1)33-22-10-11-24-35(33)43-36-25-12-13-26-37(36)44(46-43)40-29-42-39(28-38(40)31-18-6-2-7-19-31)34-23-14-15-27-41(34)45(42)32-20-8-3-9-21-32/h1-29H. The molecule has 0 saturated heterocycles. The average Bonchev–Trinajstić information content (AvgIpc) is 3.68. The number of nitrogens with zero attached hydrogens (tertiary/aromatic N) is 1. The van der Waals surface area contributed by atoms with Gasteiger partial charge in [-0.15, -0.1) is 0 Å². The molecule has 9 rings (SSSR count). The molecule has 0 bridgehead atoms. The number of aromatic nitrogens is 1. The van der Waals surface area contributed by atoms with Gasteiger partial charge in [0.1, 0.15) is 11.5 Å². The molecular weight excluding hydrogens is 558 g/mol. The van der Waals surface area contributed by atoms with Crippen LogP contribution in [-0.4, -0.2) is 4.57 Å². The van der Waals surface area contributed by atoms with E-state index in [2.05, 4.69) is 180 Å². The summed E-state index contributed by atoms with van der Waals surface area (Å²) in [6.45, 7) is 0. The SMILES string of the molecule is c1ccc(-c2ccccc2-c2oc(-c3cc4c(cc3-c3ccccc3)c3ccccc3n4-c3ccccc3)c3ccccc23)cc1. The predicted molar refractivity (Wildman–Crippen MR) is 192 cm³/mol. The first kappa shape index (κ1) is 26.3. The van der Waals surface area contributed by atoms with Crippen molar-refractivity contribution in [2.24, 2.45) is 0 Å². The summed E-state index contributed by atoms with van der Waals surface area (Å²) in [6.07, 6.45) is 0. The van der Waals surface area contributed by atoms with Gasteiger partial charge < -0.3 is 8.98 Å². The van der Waals surface area contributed by atoms with Gasteiger partial charge in [-0.05, 0) is 52.6 Å². The quantitative estimate of drug-likeness (QED) is 0.196. The van der Waals surface area contributed by atoms with Gasteiger partial charge in [-0.2, -0.15) is 0 Å². The van der Waals surface area contributed by atoms with Crippen LogP contribution in [0.3, 0.4) is 0 Å². The molecule has 0 aliphatic rings. The van der Waals surface area contributed by atoms with Gasteiger partial charge in [0.05, 0.1) is 11.0 Å². The second kappa shape index (κ2) is 10.8. The first-order valence-electron chi connectivity index (χ1n) is 15.7. The van der Waals surface area contributed by atoms with Gasteiger partial charge in [0.15, 0.2) is 0 Å². The zero-order chi connectivity index (χ0) is 30.5. The lowest BCUT2D eigenvalue weighted by Crippen LogP contribution is -1.94. The van der Waals surface area contributed by atoms with Gasteiger partial charge in [0, 0.05) is 38.4 Å². The van der Waals surface area contributed by atoms with E-state index in [1.807, 2.05) is 0 Å². The molecule has 0 spiro atoms. The van der Waals surface area contributed by atoms with Gasteiger partial charge >= 0.3 is 0 Å². The van der Waals surface area contributed by atoms with Gasteiger partial charge in [0.2, 0.25) is 0 Å². The Balaban J connectivity index is 1.38. The molecule has 0 unspecified atom stereocenters. The fourth-order valence-corrected chi connectivity index (χ4v) is 6.96. The fourth-order valence-electron chi connectivity index (χ4n) is 6.96. The normalized spacial score (nSPS) is 11.5. The van der Waals surface area contributed by atoms with Crippen molar-refractivity contribution in [2.75, 3.05) is 0 Å². The van der Waals surface area contributed by atoms with E-state index in [-0.39, 0.29) is 0 Å². The van der Waals surface area contributed by atoms with Gasteiger partial charge in [-0.1, -0.05) is 146 Å². The van der Waals surface area contributed by atoms with Gasteiger partial charge in [-0.3, -0.25) is 0 Å². The van der Waals surface area contributed by atoms with Crippen molar-refractivity contribution in [3.05, 3.63) is 176 Å². The minimum absolute atomic E-state index is 0.874. The summed E-state index contributed by atoms with van der Waals surface area (Å²) < 4.78 is 9.50. The van der Waals surface area contributed by atoms with Crippen LogP contribution in [0.25, 0.3) is 83.2 Å². The number of benzene rings is 7. The maximum absolute atomic E-state index is 7.12. The van der Waals surface area contributed by atoms with Crippen molar-refractivity contribution in [3.8, 4) is 50.6 Å². The highest BCUT2D eigenvalue weighted by Crippen LogP contribution is 2.47. The maximum Gasteiger partial charge on any atom is 0.143 e. The van der Waals surface area contributed by atoms with E-state index in [4.69, 9.17) is 4.42 Å². The van der Waals surface area contributed by atoms with Crippen molar-refractivity contribution in [1.29, 1.82) is 0 Å². The fraction of sp³-hybridized carbons (Fsp3) is 0. The molecule has 216 valence electrons. The van der Waals surface area contributed by atoms with E-state index in [0.717, 1.165) is 61.3 Å². The molecule has 0 N–H and O–H groups in total. The van der Waals surface area contributed by atoms with E-state index >= 15 is 0 Å². The largest absolute Gasteiger partial charge is 0.455 e. The molecule has 2 aromatic heterocycles. The topological polar surface area (TPSA) is 18.1 Å². The molecular formula is C44H29NO. The van der Waals surface area contributed by atoms with Crippen LogP contribution in [0.15, 0.2) is 180 Å². The zero-order valence-corrected chi connectivity index (χ0v) is 25.1. The third kappa shape index (κ3) is 4.19. The number of hydrogen-bond donors (Lipinski definition) is 0. The minimum Gasteiger partial charge on any atom is -0.455 e. The van der Waals surface area contributed by atoms with Crippen LogP contribution in [0, 0.1) is 0 Å². The summed E-state index contributed by atoms with van der Waals surface area (Å²) in [5.41, 5.74) is 10.2. The monoisotopic (exact) mass is 587 g/mol. The van der Waals surface area contributed by atoms with Crippen molar-refractivity contribution in [2.45, 2.75) is 0 Å². The van der Waals surface area contributed by atoms with Gasteiger partial charge in [0.25, 0.3) is 0 Å². The Labute approximate surface area is 267 Å². The maximum atomic E-state index is 7.12. The molecule has 0 aliphatic heterocycles. The minimum atomic E-state index is 0.874. The summed E-state index contributed by atoms with van der Waals surface area (Å²) >= 11 is 0. The number of furan rings is 1. The molecule has 9 aromatic rings. The van der Waals surface area contributed by atoms with Crippen LogP contribution in [0.1, 0.15) is 0 Å². The molecule has 2 heterocycles. The van der Waals surface area contributed by atoms with Crippen LogP contribution >= 0.6 is 0 Å². The highest BCUT2D eigenvalue weighted by atomic mass is 16.3. The number of rotatable bonds is 5. The molecule has 2 heteroatoms. The highest BCUT2D eigenvalue weighted by molar-refractivity contribution is 6.14. The third-order valence-corrected chi connectivity index (χ3v) is 9.03. The van der Waals surface area contributed by atoms with E-state index in [0.29, 0.717) is 0 Å². The van der Waals surface area contributed by atoms with Crippen LogP contribution in [0.5, 0.6) is 0 Å². The zero-order valence-electron chi connectivity index (χ0n) is 25.1. The first-order valence-corrected chi connectivity index (χ1v) is 15.7. The number of para-hydroxylation sites is 2. The second-order valence-electron chi connectivity index (χ2n) is 11.7. The lowest BCUT2D eigenvalue weighted by molar-refractivity contribution is 0.602. The summed E-state index contributed by atoms with van der Waals surface area (Å²) in [5.74, 6) is 1.76. The van der Waals surface area contributed by atoms with E-state index in [9.17, 15) is 0 Å². The Hall–Kier alpha value is -6.12. The van der Waals surface area contributed by atoms with Crippen molar-refractivity contribution in [3.63, 3.8) is 0 Å². The van der Waals surface area contributed by atoms with Crippen molar-refractivity contribution >= 4 is 32.6 Å². The highest BCUT2D eigenvalue weighted by Gasteiger charge is 2.23. The Morgan fingerprint density at radius 2 is 0.826 bits per heavy atom. The Morgan fingerprint density at radius 3 is 1.50 bits per heavy atom. The number of hydrogen-bond acceptors (Lipinski definition) is 1. The Bertz CT molecular complexity index is 2500. The van der Waals surface area contributed by atoms with Crippen molar-refractivity contribution in [1.82, 2.24) is 4.57 Å². The second-order valence-corrected chi connectivity index (χ2v) is 11.7. The summed E-state index contributed by atoms with van der Waals surface area (Å²) in [6, 6.07) is 62.4. The number of fused-ring (bicyclic) bond motifs is 4. The molecule has 0 fully saturated rings. The lowest BCUT2D eigenvalue weighted by Gasteiger charge is -2.12. The smallest absolute Gasteiger partial charge is 0.143 e. The van der Waals surface area contributed by atoms with Crippen LogP contribution in [-0.2, 0) is 0 Å². The van der Waals surface area contributed by atoms with Crippen LogP contribution in [0.4, 0.5) is 0 Å². The average molecular weight is 588 g/mol. The molecule has 0 amide bonds. The van der Waals surface area contributed by atoms with E-state index in [1.165, 1.54) is 21.9 Å². The molecule has 0 radical (unpaired) electrons. The van der Waals surface area contributed by atoms with Crippen molar-refractivity contribution < 1.29 is 4.42 Å². The third-order valence-electron chi connectivity index (χ3n) is 9.03. The molecule has 7 aromatic carbocycles.